The maximum atomic E-state index is 11.6. The largest absolute Gasteiger partial charge is 0.481 e. The predicted molar refractivity (Wildman–Crippen MR) is 66.5 cm³/mol. The van der Waals surface area contributed by atoms with E-state index in [0.29, 0.717) is 10.1 Å². The van der Waals surface area contributed by atoms with Crippen molar-refractivity contribution < 1.29 is 14.7 Å². The van der Waals surface area contributed by atoms with Gasteiger partial charge >= 0.3 is 5.97 Å². The van der Waals surface area contributed by atoms with Crippen molar-refractivity contribution in [3.63, 3.8) is 0 Å². The van der Waals surface area contributed by atoms with Gasteiger partial charge in [-0.3, -0.25) is 9.59 Å². The molecule has 0 fully saturated rings. The van der Waals surface area contributed by atoms with Crippen LogP contribution in [0.15, 0.2) is 16.3 Å². The fourth-order valence-corrected chi connectivity index (χ4v) is 3.46. The molecule has 0 unspecified atom stereocenters. The number of rotatable bonds is 6. The number of thiophene rings is 1. The van der Waals surface area contributed by atoms with Gasteiger partial charge in [-0.1, -0.05) is 13.8 Å². The summed E-state index contributed by atoms with van der Waals surface area (Å²) in [5.41, 5.74) is 0. The van der Waals surface area contributed by atoms with Crippen LogP contribution in [0.4, 0.5) is 0 Å². The topological polar surface area (TPSA) is 54.4 Å². The predicted octanol–water partition coefficient (Wildman–Crippen LogP) is 3.30. The van der Waals surface area contributed by atoms with Crippen molar-refractivity contribution in [2.75, 3.05) is 0 Å². The maximum absolute atomic E-state index is 11.6. The molecule has 0 aliphatic rings. The van der Waals surface area contributed by atoms with E-state index < -0.39 is 5.97 Å². The van der Waals surface area contributed by atoms with E-state index in [4.69, 9.17) is 5.11 Å². The molecule has 1 heterocycles. The lowest BCUT2D eigenvalue weighted by molar-refractivity contribution is -0.136. The molecule has 1 aromatic rings. The third-order valence-electron chi connectivity index (χ3n) is 1.77. The second-order valence-electron chi connectivity index (χ2n) is 3.60. The number of aliphatic carboxylic acids is 1. The molecule has 5 heteroatoms. The van der Waals surface area contributed by atoms with Crippen molar-refractivity contribution in [2.24, 2.45) is 0 Å². The molecule has 0 saturated heterocycles. The Morgan fingerprint density at radius 1 is 1.38 bits per heavy atom. The number of carbonyl (C=O) groups excluding carboxylic acids is 1. The first kappa shape index (κ1) is 13.3. The first-order valence-electron chi connectivity index (χ1n) is 5.00. The number of ketones is 1. The van der Waals surface area contributed by atoms with Gasteiger partial charge in [-0.25, -0.2) is 0 Å². The molecule has 0 aromatic carbocycles. The molecule has 0 aliphatic heterocycles. The molecule has 0 atom stereocenters. The molecule has 0 radical (unpaired) electrons. The van der Waals surface area contributed by atoms with Gasteiger partial charge in [0.05, 0.1) is 15.5 Å². The molecular formula is C11H14O3S2. The second kappa shape index (κ2) is 6.06. The molecule has 3 nitrogen and oxygen atoms in total. The van der Waals surface area contributed by atoms with E-state index in [1.165, 1.54) is 11.3 Å². The Kier molecular flexibility index (Phi) is 5.02. The van der Waals surface area contributed by atoms with Crippen molar-refractivity contribution in [1.82, 2.24) is 0 Å². The number of carboxylic acid groups (broad SMARTS) is 1. The van der Waals surface area contributed by atoms with Gasteiger partial charge in [0.25, 0.3) is 0 Å². The summed E-state index contributed by atoms with van der Waals surface area (Å²) in [6, 6.07) is 3.70. The Hall–Kier alpha value is -0.810. The standard InChI is InChI=1S/C11H14O3S2/c1-7(2)15-11-6-4-9(16-11)8(12)3-5-10(13)14/h4,6-7H,3,5H2,1-2H3,(H,13,14). The molecule has 1 aromatic heterocycles. The van der Waals surface area contributed by atoms with Crippen LogP contribution in [0.1, 0.15) is 36.4 Å². The molecular weight excluding hydrogens is 244 g/mol. The van der Waals surface area contributed by atoms with Crippen molar-refractivity contribution in [3.8, 4) is 0 Å². The average molecular weight is 258 g/mol. The van der Waals surface area contributed by atoms with Crippen molar-refractivity contribution in [1.29, 1.82) is 0 Å². The van der Waals surface area contributed by atoms with Crippen LogP contribution in [0, 0.1) is 0 Å². The van der Waals surface area contributed by atoms with Gasteiger partial charge in [0.15, 0.2) is 5.78 Å². The fraction of sp³-hybridized carbons (Fsp3) is 0.455. The first-order valence-corrected chi connectivity index (χ1v) is 6.70. The molecule has 1 N–H and O–H groups in total. The Morgan fingerprint density at radius 3 is 2.62 bits per heavy atom. The van der Waals surface area contributed by atoms with Gasteiger partial charge in [0.1, 0.15) is 0 Å². The molecule has 0 bridgehead atoms. The van der Waals surface area contributed by atoms with Gasteiger partial charge < -0.3 is 5.11 Å². The van der Waals surface area contributed by atoms with Gasteiger partial charge in [-0.05, 0) is 12.1 Å². The zero-order valence-electron chi connectivity index (χ0n) is 9.23. The fourth-order valence-electron chi connectivity index (χ4n) is 1.11. The zero-order valence-corrected chi connectivity index (χ0v) is 10.9. The highest BCUT2D eigenvalue weighted by Crippen LogP contribution is 2.30. The third kappa shape index (κ3) is 4.37. The molecule has 16 heavy (non-hydrogen) atoms. The lowest BCUT2D eigenvalue weighted by Gasteiger charge is -1.99. The Balaban J connectivity index is 2.56. The van der Waals surface area contributed by atoms with E-state index in [-0.39, 0.29) is 18.6 Å². The maximum Gasteiger partial charge on any atom is 0.303 e. The number of carbonyl (C=O) groups is 2. The SMILES string of the molecule is CC(C)Sc1ccc(C(=O)CCC(=O)O)s1. The molecule has 0 saturated carbocycles. The summed E-state index contributed by atoms with van der Waals surface area (Å²) in [4.78, 5) is 22.6. The number of thioether (sulfide) groups is 1. The molecule has 88 valence electrons. The van der Waals surface area contributed by atoms with Crippen LogP contribution >= 0.6 is 23.1 Å². The Bertz CT molecular complexity index is 382. The minimum atomic E-state index is -0.929. The smallest absolute Gasteiger partial charge is 0.303 e. The van der Waals surface area contributed by atoms with Crippen LogP contribution in [-0.2, 0) is 4.79 Å². The molecule has 0 spiro atoms. The normalized spacial score (nSPS) is 10.7. The van der Waals surface area contributed by atoms with Crippen LogP contribution in [0.2, 0.25) is 0 Å². The van der Waals surface area contributed by atoms with Crippen molar-refractivity contribution in [2.45, 2.75) is 36.1 Å². The van der Waals surface area contributed by atoms with E-state index in [0.717, 1.165) is 4.21 Å². The zero-order chi connectivity index (χ0) is 12.1. The quantitative estimate of drug-likeness (QED) is 0.628. The summed E-state index contributed by atoms with van der Waals surface area (Å²) < 4.78 is 1.11. The number of carboxylic acids is 1. The van der Waals surface area contributed by atoms with Crippen LogP contribution < -0.4 is 0 Å². The van der Waals surface area contributed by atoms with E-state index >= 15 is 0 Å². The number of hydrogen-bond acceptors (Lipinski definition) is 4. The minimum absolute atomic E-state index is 0.0805. The van der Waals surface area contributed by atoms with Crippen LogP contribution in [0.5, 0.6) is 0 Å². The summed E-state index contributed by atoms with van der Waals surface area (Å²) in [6.07, 6.45) is -0.00891. The van der Waals surface area contributed by atoms with E-state index in [1.807, 2.05) is 6.07 Å². The summed E-state index contributed by atoms with van der Waals surface area (Å²) in [6.45, 7) is 4.19. The highest BCUT2D eigenvalue weighted by atomic mass is 32.2. The van der Waals surface area contributed by atoms with Gasteiger partial charge in [0.2, 0.25) is 0 Å². The monoisotopic (exact) mass is 258 g/mol. The van der Waals surface area contributed by atoms with E-state index in [1.54, 1.807) is 17.8 Å². The van der Waals surface area contributed by atoms with Crippen molar-refractivity contribution in [3.05, 3.63) is 17.0 Å². The number of Topliss-reactive ketones (excluding diaryl/α,β-unsaturated/α-hetero) is 1. The summed E-state index contributed by atoms with van der Waals surface area (Å²) in [5, 5.41) is 8.97. The highest BCUT2D eigenvalue weighted by molar-refractivity contribution is 8.01. The summed E-state index contributed by atoms with van der Waals surface area (Å²) in [7, 11) is 0. The minimum Gasteiger partial charge on any atom is -0.481 e. The first-order chi connectivity index (χ1) is 7.49. The lowest BCUT2D eigenvalue weighted by atomic mass is 10.2. The molecule has 0 aliphatic carbocycles. The van der Waals surface area contributed by atoms with Crippen molar-refractivity contribution >= 4 is 34.9 Å². The van der Waals surface area contributed by atoms with Crippen LogP contribution in [0.3, 0.4) is 0 Å². The van der Waals surface area contributed by atoms with Crippen LogP contribution in [-0.4, -0.2) is 22.1 Å². The lowest BCUT2D eigenvalue weighted by Crippen LogP contribution is -2.01. The molecule has 0 amide bonds. The summed E-state index contributed by atoms with van der Waals surface area (Å²) in [5.74, 6) is -1.01. The van der Waals surface area contributed by atoms with Gasteiger partial charge in [-0.2, -0.15) is 0 Å². The van der Waals surface area contributed by atoms with Gasteiger partial charge in [0, 0.05) is 11.7 Å². The van der Waals surface area contributed by atoms with Gasteiger partial charge in [-0.15, -0.1) is 23.1 Å². The third-order valence-corrected chi connectivity index (χ3v) is 4.07. The van der Waals surface area contributed by atoms with E-state index in [9.17, 15) is 9.59 Å². The second-order valence-corrected chi connectivity index (χ2v) is 6.56. The highest BCUT2D eigenvalue weighted by Gasteiger charge is 2.11. The Morgan fingerprint density at radius 2 is 2.06 bits per heavy atom. The Labute approximate surface area is 103 Å². The van der Waals surface area contributed by atoms with Crippen LogP contribution in [0.25, 0.3) is 0 Å². The number of hydrogen-bond donors (Lipinski definition) is 1. The molecule has 1 rings (SSSR count). The summed E-state index contributed by atoms with van der Waals surface area (Å²) >= 11 is 3.15. The average Bonchev–Trinajstić information content (AvgIpc) is 2.61. The van der Waals surface area contributed by atoms with E-state index in [2.05, 4.69) is 13.8 Å².